The smallest absolute Gasteiger partial charge is 0.319 e. The Kier molecular flexibility index (Phi) is 6.23. The molecule has 0 radical (unpaired) electrons. The lowest BCUT2D eigenvalue weighted by Gasteiger charge is -2.13. The summed E-state index contributed by atoms with van der Waals surface area (Å²) in [7, 11) is 3.11. The van der Waals surface area contributed by atoms with E-state index in [-0.39, 0.29) is 12.1 Å². The summed E-state index contributed by atoms with van der Waals surface area (Å²) in [6.45, 7) is 0.863. The lowest BCUT2D eigenvalue weighted by molar-refractivity contribution is 0.181. The fourth-order valence-corrected chi connectivity index (χ4v) is 2.84. The SMILES string of the molecule is COCCn1nc(CNC(=O)Nc2ccccc2OC)c2ccccc2c1=O. The molecular formula is C20H22N4O4. The van der Waals surface area contributed by atoms with E-state index >= 15 is 0 Å². The van der Waals surface area contributed by atoms with Gasteiger partial charge in [-0.05, 0) is 18.2 Å². The van der Waals surface area contributed by atoms with Gasteiger partial charge in [0.05, 0.1) is 43.6 Å². The zero-order valence-corrected chi connectivity index (χ0v) is 15.8. The summed E-state index contributed by atoms with van der Waals surface area (Å²) in [5.41, 5.74) is 0.974. The van der Waals surface area contributed by atoms with Crippen molar-refractivity contribution in [1.82, 2.24) is 15.1 Å². The standard InChI is InChI=1S/C20H22N4O4/c1-27-12-11-24-19(25)15-8-4-3-7-14(15)17(23-24)13-21-20(26)22-16-9-5-6-10-18(16)28-2/h3-10H,11-13H2,1-2H3,(H2,21,22,26). The molecule has 3 aromatic rings. The van der Waals surface area contributed by atoms with Gasteiger partial charge in [-0.3, -0.25) is 4.79 Å². The highest BCUT2D eigenvalue weighted by atomic mass is 16.5. The van der Waals surface area contributed by atoms with Crippen molar-refractivity contribution in [2.45, 2.75) is 13.1 Å². The van der Waals surface area contributed by atoms with Gasteiger partial charge in [-0.2, -0.15) is 5.10 Å². The van der Waals surface area contributed by atoms with E-state index in [0.29, 0.717) is 41.1 Å². The molecule has 0 unspecified atom stereocenters. The third-order valence-corrected chi connectivity index (χ3v) is 4.22. The topological polar surface area (TPSA) is 94.5 Å². The summed E-state index contributed by atoms with van der Waals surface area (Å²) in [6.07, 6.45) is 0. The second-order valence-electron chi connectivity index (χ2n) is 6.02. The number of carbonyl (C=O) groups is 1. The van der Waals surface area contributed by atoms with E-state index in [9.17, 15) is 9.59 Å². The predicted octanol–water partition coefficient (Wildman–Crippen LogP) is 2.37. The average molecular weight is 382 g/mol. The Hall–Kier alpha value is -3.39. The number of amides is 2. The molecule has 2 N–H and O–H groups in total. The van der Waals surface area contributed by atoms with Crippen molar-refractivity contribution in [2.75, 3.05) is 26.1 Å². The third kappa shape index (κ3) is 4.29. The molecule has 1 aromatic heterocycles. The highest BCUT2D eigenvalue weighted by Crippen LogP contribution is 2.22. The molecule has 2 aromatic carbocycles. The normalized spacial score (nSPS) is 10.6. The van der Waals surface area contributed by atoms with Gasteiger partial charge in [-0.1, -0.05) is 30.3 Å². The van der Waals surface area contributed by atoms with E-state index in [1.165, 1.54) is 11.8 Å². The Morgan fingerprint density at radius 3 is 2.54 bits per heavy atom. The van der Waals surface area contributed by atoms with Crippen LogP contribution in [0.2, 0.25) is 0 Å². The van der Waals surface area contributed by atoms with Gasteiger partial charge in [0.15, 0.2) is 0 Å². The summed E-state index contributed by atoms with van der Waals surface area (Å²) in [5, 5.41) is 11.2. The van der Waals surface area contributed by atoms with Crippen LogP contribution < -0.4 is 20.9 Å². The molecule has 0 spiro atoms. The van der Waals surface area contributed by atoms with Gasteiger partial charge in [0.2, 0.25) is 0 Å². The number of rotatable bonds is 7. The zero-order chi connectivity index (χ0) is 19.9. The Balaban J connectivity index is 1.80. The second-order valence-corrected chi connectivity index (χ2v) is 6.02. The first-order chi connectivity index (χ1) is 13.6. The van der Waals surface area contributed by atoms with Crippen LogP contribution in [-0.4, -0.2) is 36.6 Å². The Morgan fingerprint density at radius 1 is 1.07 bits per heavy atom. The van der Waals surface area contributed by atoms with Crippen LogP contribution >= 0.6 is 0 Å². The fourth-order valence-electron chi connectivity index (χ4n) is 2.84. The molecule has 0 atom stereocenters. The van der Waals surface area contributed by atoms with Crippen molar-refractivity contribution in [2.24, 2.45) is 0 Å². The summed E-state index contributed by atoms with van der Waals surface area (Å²) < 4.78 is 11.6. The van der Waals surface area contributed by atoms with Crippen LogP contribution in [0.3, 0.4) is 0 Å². The highest BCUT2D eigenvalue weighted by Gasteiger charge is 2.12. The molecule has 1 heterocycles. The number of anilines is 1. The molecule has 0 aliphatic heterocycles. The zero-order valence-electron chi connectivity index (χ0n) is 15.8. The Bertz CT molecular complexity index is 1030. The van der Waals surface area contributed by atoms with Crippen molar-refractivity contribution in [3.8, 4) is 5.75 Å². The largest absolute Gasteiger partial charge is 0.495 e. The molecule has 0 fully saturated rings. The molecule has 8 nitrogen and oxygen atoms in total. The molecule has 8 heteroatoms. The van der Waals surface area contributed by atoms with Crippen LogP contribution in [0.25, 0.3) is 10.8 Å². The summed E-state index contributed by atoms with van der Waals surface area (Å²) in [4.78, 5) is 24.9. The van der Waals surface area contributed by atoms with Crippen LogP contribution in [0.1, 0.15) is 5.69 Å². The highest BCUT2D eigenvalue weighted by molar-refractivity contribution is 5.91. The minimum absolute atomic E-state index is 0.161. The summed E-state index contributed by atoms with van der Waals surface area (Å²) >= 11 is 0. The molecule has 0 aliphatic carbocycles. The first-order valence-electron chi connectivity index (χ1n) is 8.79. The molecule has 0 aliphatic rings. The predicted molar refractivity (Wildman–Crippen MR) is 107 cm³/mol. The van der Waals surface area contributed by atoms with E-state index in [2.05, 4.69) is 15.7 Å². The summed E-state index contributed by atoms with van der Waals surface area (Å²) in [5.74, 6) is 0.564. The Labute approximate surface area is 162 Å². The van der Waals surface area contributed by atoms with Crippen molar-refractivity contribution in [1.29, 1.82) is 0 Å². The minimum Gasteiger partial charge on any atom is -0.495 e. The van der Waals surface area contributed by atoms with Gasteiger partial charge in [0.1, 0.15) is 5.75 Å². The van der Waals surface area contributed by atoms with Crippen molar-refractivity contribution < 1.29 is 14.3 Å². The first kappa shape index (κ1) is 19.4. The van der Waals surface area contributed by atoms with E-state index in [0.717, 1.165) is 0 Å². The number of para-hydroxylation sites is 2. The molecule has 0 bridgehead atoms. The van der Waals surface area contributed by atoms with Crippen LogP contribution in [0.5, 0.6) is 5.75 Å². The van der Waals surface area contributed by atoms with Gasteiger partial charge >= 0.3 is 6.03 Å². The number of hydrogen-bond donors (Lipinski definition) is 2. The lowest BCUT2D eigenvalue weighted by atomic mass is 10.1. The maximum Gasteiger partial charge on any atom is 0.319 e. The number of hydrogen-bond acceptors (Lipinski definition) is 5. The van der Waals surface area contributed by atoms with E-state index in [4.69, 9.17) is 9.47 Å². The number of nitrogens with one attached hydrogen (secondary N) is 2. The van der Waals surface area contributed by atoms with E-state index < -0.39 is 6.03 Å². The van der Waals surface area contributed by atoms with Crippen LogP contribution in [-0.2, 0) is 17.8 Å². The first-order valence-corrected chi connectivity index (χ1v) is 8.79. The molecule has 3 rings (SSSR count). The van der Waals surface area contributed by atoms with Crippen LogP contribution in [0.15, 0.2) is 53.3 Å². The molecule has 28 heavy (non-hydrogen) atoms. The van der Waals surface area contributed by atoms with Crippen molar-refractivity contribution in [3.63, 3.8) is 0 Å². The maximum atomic E-state index is 12.6. The van der Waals surface area contributed by atoms with Crippen molar-refractivity contribution >= 4 is 22.5 Å². The minimum atomic E-state index is -0.398. The van der Waals surface area contributed by atoms with Gasteiger partial charge < -0.3 is 20.1 Å². The van der Waals surface area contributed by atoms with Gasteiger partial charge in [-0.25, -0.2) is 9.48 Å². The number of fused-ring (bicyclic) bond motifs is 1. The Morgan fingerprint density at radius 2 is 1.79 bits per heavy atom. The monoisotopic (exact) mass is 382 g/mol. The van der Waals surface area contributed by atoms with Gasteiger partial charge in [-0.15, -0.1) is 0 Å². The second kappa shape index (κ2) is 9.01. The van der Waals surface area contributed by atoms with E-state index in [1.807, 2.05) is 18.2 Å². The number of methoxy groups -OCH3 is 2. The quantitative estimate of drug-likeness (QED) is 0.654. The molecule has 0 saturated heterocycles. The van der Waals surface area contributed by atoms with E-state index in [1.54, 1.807) is 37.4 Å². The average Bonchev–Trinajstić information content (AvgIpc) is 2.73. The number of carbonyl (C=O) groups excluding carboxylic acids is 1. The molecule has 146 valence electrons. The number of nitrogens with zero attached hydrogens (tertiary/aromatic N) is 2. The summed E-state index contributed by atoms with van der Waals surface area (Å²) in [6, 6.07) is 13.9. The maximum absolute atomic E-state index is 12.6. The van der Waals surface area contributed by atoms with Crippen LogP contribution in [0, 0.1) is 0 Å². The van der Waals surface area contributed by atoms with Gasteiger partial charge in [0.25, 0.3) is 5.56 Å². The molecule has 0 saturated carbocycles. The van der Waals surface area contributed by atoms with Crippen molar-refractivity contribution in [3.05, 3.63) is 64.6 Å². The molecular weight excluding hydrogens is 360 g/mol. The number of ether oxygens (including phenoxy) is 2. The molecule has 2 amide bonds. The fraction of sp³-hybridized carbons (Fsp3) is 0.250. The van der Waals surface area contributed by atoms with Gasteiger partial charge in [0, 0.05) is 12.5 Å². The van der Waals surface area contributed by atoms with Crippen LogP contribution in [0.4, 0.5) is 10.5 Å². The number of benzene rings is 2. The lowest BCUT2D eigenvalue weighted by Crippen LogP contribution is -2.31. The number of aromatic nitrogens is 2. The number of urea groups is 1. The third-order valence-electron chi connectivity index (χ3n) is 4.22.